The first-order valence-electron chi connectivity index (χ1n) is 47.4. The molecule has 4 fully saturated rings. The van der Waals surface area contributed by atoms with Crippen molar-refractivity contribution in [1.82, 2.24) is 43.4 Å². The van der Waals surface area contributed by atoms with Gasteiger partial charge in [0.2, 0.25) is 0 Å². The number of hydrogen-bond donors (Lipinski definition) is 6. The zero-order chi connectivity index (χ0) is 92.9. The first kappa shape index (κ1) is 93.4. The number of pyridine rings is 6. The molecule has 0 bridgehead atoms. The number of fused-ring (bicyclic) bond motifs is 3. The molecule has 29 heteroatoms. The van der Waals surface area contributed by atoms with Crippen LogP contribution in [-0.2, 0) is 64.4 Å². The minimum Gasteiger partial charge on any atom is -0.383 e. The highest BCUT2D eigenvalue weighted by atomic mass is 32.1. The molecule has 3 aliphatic heterocycles. The first-order chi connectivity index (χ1) is 65.2. The van der Waals surface area contributed by atoms with Gasteiger partial charge in [-0.25, -0.2) is 15.0 Å². The predicted molar refractivity (Wildman–Crippen MR) is 545 cm³/mol. The highest BCUT2D eigenvalue weighted by molar-refractivity contribution is 7.15. The molecule has 0 radical (unpaired) electrons. The maximum absolute atomic E-state index is 13.3. The Labute approximate surface area is 796 Å². The Morgan fingerprint density at radius 3 is 1.05 bits per heavy atom. The Morgan fingerprint density at radius 2 is 0.739 bits per heavy atom. The van der Waals surface area contributed by atoms with Gasteiger partial charge in [-0.15, -0.1) is 34.0 Å². The van der Waals surface area contributed by atoms with Gasteiger partial charge in [0.1, 0.15) is 34.5 Å². The van der Waals surface area contributed by atoms with E-state index in [-0.39, 0.29) is 34.4 Å². The molecule has 0 spiro atoms. The number of carbonyl (C=O) groups is 3. The lowest BCUT2D eigenvalue weighted by Crippen LogP contribution is -2.47. The first-order valence-corrected chi connectivity index (χ1v) is 49.9. The molecule has 9 aromatic heterocycles. The van der Waals surface area contributed by atoms with E-state index in [1.807, 2.05) is 155 Å². The van der Waals surface area contributed by atoms with E-state index >= 15 is 0 Å². The second-order valence-corrected chi connectivity index (χ2v) is 39.6. The summed E-state index contributed by atoms with van der Waals surface area (Å²) < 4.78 is 9.96. The van der Waals surface area contributed by atoms with E-state index in [2.05, 4.69) is 113 Å². The Hall–Kier alpha value is -12.4. The number of carbonyl (C=O) groups excluding carboxylic acids is 3. The second kappa shape index (κ2) is 43.3. The van der Waals surface area contributed by atoms with Crippen molar-refractivity contribution in [2.45, 2.75) is 142 Å². The van der Waals surface area contributed by atoms with Crippen molar-refractivity contribution in [3.63, 3.8) is 0 Å². The summed E-state index contributed by atoms with van der Waals surface area (Å²) in [5.74, 6) is 1.62. The van der Waals surface area contributed by atoms with Crippen LogP contribution in [0.1, 0.15) is 154 Å². The van der Waals surface area contributed by atoms with Crippen LogP contribution in [0.3, 0.4) is 0 Å². The number of methoxy groups -OCH3 is 1. The quantitative estimate of drug-likeness (QED) is 0.0307. The number of anilines is 12. The summed E-state index contributed by atoms with van der Waals surface area (Å²) in [6.45, 7) is 20.2. The maximum Gasteiger partial charge on any atom is 0.274 e. The molecule has 19 rings (SSSR count). The number of ether oxygens (including phenoxy) is 1. The Bertz CT molecular complexity index is 6370. The summed E-state index contributed by atoms with van der Waals surface area (Å²) >= 11 is 4.88. The Morgan fingerprint density at radius 1 is 0.410 bits per heavy atom. The lowest BCUT2D eigenvalue weighted by Gasteiger charge is -2.36. The van der Waals surface area contributed by atoms with E-state index in [1.165, 1.54) is 102 Å². The number of aryl methyl sites for hydroxylation is 9. The molecule has 12 heterocycles. The molecule has 1 saturated carbocycles. The van der Waals surface area contributed by atoms with Crippen molar-refractivity contribution in [3.05, 3.63) is 258 Å². The second-order valence-electron chi connectivity index (χ2n) is 36.2. The zero-order valence-electron chi connectivity index (χ0n) is 77.9. The molecule has 6 N–H and O–H groups in total. The van der Waals surface area contributed by atoms with Gasteiger partial charge in [-0.2, -0.15) is 5.26 Å². The SMILES string of the molecule is COCCN1CCN(c2ccc(Nc3cc(-c4cccc(NC(=O)c5cc6c(s5)CCCCC6)c4C)cn(C)c3=O)nc2)CC1.Cc1c(NC(=O)c2cc3c(s2)CCCCC3)cccc1-c1cc(Nc2ccc(N3CCN(C4CC4)CC3)cn2)c(=O)n(C)c1.Cc1c(NC(=O)c2cc3c(s2)CCCCC3)cccc1-c1cc(Nc2ccc(N3CCN(CCC#N)CC3)cn2)c(=O)n(C)c1. The number of hydrogen-bond acceptors (Lipinski definition) is 23. The Balaban J connectivity index is 0.000000140. The van der Waals surface area contributed by atoms with Gasteiger partial charge in [-0.3, -0.25) is 43.5 Å². The molecule has 0 atom stereocenters. The van der Waals surface area contributed by atoms with Gasteiger partial charge < -0.3 is 65.0 Å². The standard InChI is InChI=1S/C35H39N7O2S.C35H42N6O3S.C35H40N6O2S/c1-24-28(9-6-10-29(24)39-34(43)32-21-25-8-4-3-5-11-31(25)45-32)26-20-30(35(44)40(2)23-26)38-33-13-12-27(22-37-33)42-18-16-41(17-19-42)15-7-14-36;1-24-28(9-7-10-29(24)38-34(42)32-21-25-8-5-4-6-11-31(25)45-32)26-20-30(35(43)39(2)23-26)37-33-13-12-27(22-36-33)41-16-14-40(15-17-41)18-19-44-3;1-23-28(8-6-9-29(23)38-34(42)32-20-24-7-4-3-5-10-31(24)44-32)25-19-30(35(43)39(2)22-25)37-33-14-13-27(21-36-33)41-17-15-40(16-18-41)26-11-12-26/h6,9-10,12-13,20-23H,3-5,7-8,11,15-19H2,1-2H3,(H,37,38)(H,39,43);7,9-10,12-13,20-23H,4-6,8,11,14-19H2,1-3H3,(H,36,37)(H,38,42);6,8-9,13-14,19-22,26H,3-5,7,10-12,15-18H2,1-2H3,(H,36,37)(H,38,42). The van der Waals surface area contributed by atoms with E-state index < -0.39 is 0 Å². The summed E-state index contributed by atoms with van der Waals surface area (Å²) in [6.07, 6.45) is 31.7. The summed E-state index contributed by atoms with van der Waals surface area (Å²) in [6, 6.07) is 44.4. The van der Waals surface area contributed by atoms with Gasteiger partial charge in [0.05, 0.1) is 63.0 Å². The van der Waals surface area contributed by atoms with Crippen molar-refractivity contribution in [1.29, 1.82) is 5.26 Å². The van der Waals surface area contributed by atoms with Crippen molar-refractivity contribution in [3.8, 4) is 39.4 Å². The fraction of sp³-hybridized carbons (Fsp3) is 0.390. The van der Waals surface area contributed by atoms with Crippen LogP contribution in [0, 0.1) is 32.1 Å². The van der Waals surface area contributed by atoms with E-state index in [0.29, 0.717) is 40.9 Å². The number of nitrogens with zero attached hydrogens (tertiary/aromatic N) is 13. The smallest absolute Gasteiger partial charge is 0.274 e. The van der Waals surface area contributed by atoms with Crippen LogP contribution in [0.5, 0.6) is 0 Å². The fourth-order valence-electron chi connectivity index (χ4n) is 19.0. The number of amides is 3. The van der Waals surface area contributed by atoms with E-state index in [9.17, 15) is 28.8 Å². The highest BCUT2D eigenvalue weighted by Crippen LogP contribution is 2.39. The molecule has 3 aromatic carbocycles. The van der Waals surface area contributed by atoms with Crippen LogP contribution >= 0.6 is 34.0 Å². The summed E-state index contributed by atoms with van der Waals surface area (Å²) in [5.41, 5.74) is 18.7. The van der Waals surface area contributed by atoms with Gasteiger partial charge >= 0.3 is 0 Å². The van der Waals surface area contributed by atoms with E-state index in [4.69, 9.17) is 10.00 Å². The van der Waals surface area contributed by atoms with Gasteiger partial charge in [-0.1, -0.05) is 55.7 Å². The Kier molecular flexibility index (Phi) is 30.2. The van der Waals surface area contributed by atoms with Crippen LogP contribution < -0.4 is 63.3 Å². The number of aromatic nitrogens is 6. The van der Waals surface area contributed by atoms with Crippen molar-refractivity contribution in [2.24, 2.45) is 21.1 Å². The molecule has 696 valence electrons. The van der Waals surface area contributed by atoms with Gasteiger partial charge in [0.25, 0.3) is 34.4 Å². The normalized spacial score (nSPS) is 15.9. The van der Waals surface area contributed by atoms with Crippen LogP contribution in [0.2, 0.25) is 0 Å². The lowest BCUT2D eigenvalue weighted by molar-refractivity contribution is 0.102. The number of nitrogens with one attached hydrogen (secondary N) is 6. The van der Waals surface area contributed by atoms with Gasteiger partial charge in [0.15, 0.2) is 0 Å². The summed E-state index contributed by atoms with van der Waals surface area (Å²) in [4.78, 5) is 114. The third-order valence-corrected chi connectivity index (χ3v) is 30.7. The van der Waals surface area contributed by atoms with Crippen molar-refractivity contribution >= 4 is 120 Å². The minimum absolute atomic E-state index is 0.0644. The summed E-state index contributed by atoms with van der Waals surface area (Å²) in [5, 5.41) is 28.0. The molecule has 3 saturated heterocycles. The average molecular weight is 1860 g/mol. The molecular weight excluding hydrogens is 1740 g/mol. The van der Waals surface area contributed by atoms with Crippen LogP contribution in [-0.4, -0.2) is 172 Å². The number of nitriles is 1. The monoisotopic (exact) mass is 1860 g/mol. The largest absolute Gasteiger partial charge is 0.383 e. The van der Waals surface area contributed by atoms with E-state index in [1.54, 1.807) is 76.0 Å². The molecule has 134 heavy (non-hydrogen) atoms. The van der Waals surface area contributed by atoms with Crippen LogP contribution in [0.25, 0.3) is 33.4 Å². The zero-order valence-corrected chi connectivity index (χ0v) is 80.3. The molecule has 12 aromatic rings. The number of rotatable bonds is 24. The lowest BCUT2D eigenvalue weighted by atomic mass is 10.00. The fourth-order valence-corrected chi connectivity index (χ4v) is 22.5. The number of piperazine rings is 3. The van der Waals surface area contributed by atoms with Crippen molar-refractivity contribution < 1.29 is 19.1 Å². The minimum atomic E-state index is -0.155. The van der Waals surface area contributed by atoms with E-state index in [0.717, 1.165) is 242 Å². The van der Waals surface area contributed by atoms with Gasteiger partial charge in [-0.05, 0) is 252 Å². The molecule has 4 aliphatic carbocycles. The van der Waals surface area contributed by atoms with Crippen LogP contribution in [0.4, 0.5) is 68.6 Å². The average Bonchev–Trinajstić information content (AvgIpc) is 0.973. The van der Waals surface area contributed by atoms with Gasteiger partial charge in [0, 0.05) is 199 Å². The maximum atomic E-state index is 13.3. The molecule has 0 unspecified atom stereocenters. The summed E-state index contributed by atoms with van der Waals surface area (Å²) in [7, 11) is 6.99. The number of thiophene rings is 3. The molecule has 3 amide bonds. The topological polar surface area (TPSA) is 281 Å². The molecule has 26 nitrogen and oxygen atoms in total. The molecule has 7 aliphatic rings. The highest BCUT2D eigenvalue weighted by Gasteiger charge is 2.32. The predicted octanol–water partition coefficient (Wildman–Crippen LogP) is 18.3. The third kappa shape index (κ3) is 22.6. The number of benzene rings is 3. The molecular formula is C105H121N19O7S3. The van der Waals surface area contributed by atoms with Crippen molar-refractivity contribution in [2.75, 3.05) is 152 Å². The van der Waals surface area contributed by atoms with Crippen LogP contribution in [0.15, 0.2) is 179 Å². The third-order valence-electron chi connectivity index (χ3n) is 27.0.